The zero-order valence-corrected chi connectivity index (χ0v) is 15.0. The third-order valence-electron chi connectivity index (χ3n) is 5.20. The average Bonchev–Trinajstić information content (AvgIpc) is 3.07. The SMILES string of the molecule is CC(CN)C(=O)NCC1(c2ccc3c(c2)OCO3)CCCCC1.Cl. The molecule has 1 atom stereocenters. The van der Waals surface area contributed by atoms with Crippen molar-refractivity contribution in [1.82, 2.24) is 5.32 Å². The number of fused-ring (bicyclic) bond motifs is 1. The van der Waals surface area contributed by atoms with Crippen molar-refractivity contribution >= 4 is 18.3 Å². The van der Waals surface area contributed by atoms with E-state index in [1.807, 2.05) is 13.0 Å². The van der Waals surface area contributed by atoms with Gasteiger partial charge in [-0.1, -0.05) is 32.3 Å². The second-order valence-corrected chi connectivity index (χ2v) is 6.76. The molecule has 6 heteroatoms. The van der Waals surface area contributed by atoms with Crippen LogP contribution in [0, 0.1) is 5.92 Å². The number of benzene rings is 1. The van der Waals surface area contributed by atoms with E-state index < -0.39 is 0 Å². The van der Waals surface area contributed by atoms with Gasteiger partial charge in [0.2, 0.25) is 12.7 Å². The number of carbonyl (C=O) groups is 1. The highest BCUT2D eigenvalue weighted by atomic mass is 35.5. The van der Waals surface area contributed by atoms with Crippen molar-refractivity contribution in [2.24, 2.45) is 11.7 Å². The van der Waals surface area contributed by atoms with E-state index in [1.54, 1.807) is 0 Å². The fourth-order valence-corrected chi connectivity index (χ4v) is 3.56. The molecule has 0 radical (unpaired) electrons. The summed E-state index contributed by atoms with van der Waals surface area (Å²) in [6, 6.07) is 6.20. The van der Waals surface area contributed by atoms with E-state index in [-0.39, 0.29) is 36.4 Å². The third kappa shape index (κ3) is 3.78. The average molecular weight is 355 g/mol. The summed E-state index contributed by atoms with van der Waals surface area (Å²) in [6.07, 6.45) is 5.82. The van der Waals surface area contributed by atoms with Crippen molar-refractivity contribution in [2.45, 2.75) is 44.4 Å². The Hall–Kier alpha value is -1.46. The minimum atomic E-state index is -0.146. The Morgan fingerprint density at radius 3 is 2.67 bits per heavy atom. The zero-order valence-electron chi connectivity index (χ0n) is 14.2. The molecule has 1 heterocycles. The minimum Gasteiger partial charge on any atom is -0.454 e. The maximum absolute atomic E-state index is 12.1. The van der Waals surface area contributed by atoms with Crippen molar-refractivity contribution in [3.05, 3.63) is 23.8 Å². The lowest BCUT2D eigenvalue weighted by atomic mass is 9.69. The van der Waals surface area contributed by atoms with E-state index in [0.717, 1.165) is 24.3 Å². The highest BCUT2D eigenvalue weighted by molar-refractivity contribution is 5.85. The van der Waals surface area contributed by atoms with Gasteiger partial charge in [0.25, 0.3) is 0 Å². The molecule has 1 amide bonds. The Morgan fingerprint density at radius 2 is 1.96 bits per heavy atom. The molecule has 1 unspecified atom stereocenters. The van der Waals surface area contributed by atoms with Gasteiger partial charge in [-0.05, 0) is 30.5 Å². The molecule has 2 aliphatic rings. The number of ether oxygens (including phenoxy) is 2. The summed E-state index contributed by atoms with van der Waals surface area (Å²) in [7, 11) is 0. The summed E-state index contributed by atoms with van der Waals surface area (Å²) in [4.78, 5) is 12.1. The van der Waals surface area contributed by atoms with Crippen molar-refractivity contribution in [3.63, 3.8) is 0 Å². The van der Waals surface area contributed by atoms with Gasteiger partial charge in [0.05, 0.1) is 0 Å². The van der Waals surface area contributed by atoms with Crippen LogP contribution in [-0.4, -0.2) is 25.8 Å². The van der Waals surface area contributed by atoms with Gasteiger partial charge in [0, 0.05) is 24.4 Å². The molecule has 3 rings (SSSR count). The number of nitrogens with two attached hydrogens (primary N) is 1. The summed E-state index contributed by atoms with van der Waals surface area (Å²) in [5.41, 5.74) is 6.82. The first kappa shape index (κ1) is 18.9. The van der Waals surface area contributed by atoms with Crippen LogP contribution in [0.3, 0.4) is 0 Å². The van der Waals surface area contributed by atoms with Crippen LogP contribution in [-0.2, 0) is 10.2 Å². The molecule has 0 bridgehead atoms. The van der Waals surface area contributed by atoms with Crippen molar-refractivity contribution in [3.8, 4) is 11.5 Å². The Morgan fingerprint density at radius 1 is 1.25 bits per heavy atom. The molecule has 0 saturated heterocycles. The van der Waals surface area contributed by atoms with Crippen LogP contribution in [0.2, 0.25) is 0 Å². The number of amides is 1. The molecule has 1 saturated carbocycles. The normalized spacial score (nSPS) is 19.2. The Bertz CT molecular complexity index is 573. The lowest BCUT2D eigenvalue weighted by Gasteiger charge is -2.38. The minimum absolute atomic E-state index is 0. The fourth-order valence-electron chi connectivity index (χ4n) is 3.56. The highest BCUT2D eigenvalue weighted by Gasteiger charge is 2.35. The van der Waals surface area contributed by atoms with E-state index in [4.69, 9.17) is 15.2 Å². The first-order chi connectivity index (χ1) is 11.1. The predicted octanol–water partition coefficient (Wildman–Crippen LogP) is 2.75. The third-order valence-corrected chi connectivity index (χ3v) is 5.20. The van der Waals surface area contributed by atoms with E-state index >= 15 is 0 Å². The van der Waals surface area contributed by atoms with Crippen LogP contribution in [0.1, 0.15) is 44.6 Å². The summed E-state index contributed by atoms with van der Waals surface area (Å²) in [5, 5.41) is 3.12. The first-order valence-corrected chi connectivity index (χ1v) is 8.52. The molecule has 1 aromatic rings. The molecule has 0 spiro atoms. The van der Waals surface area contributed by atoms with Crippen LogP contribution in [0.15, 0.2) is 18.2 Å². The van der Waals surface area contributed by atoms with Crippen LogP contribution in [0.5, 0.6) is 11.5 Å². The molecule has 134 valence electrons. The molecule has 1 aliphatic carbocycles. The molecule has 3 N–H and O–H groups in total. The largest absolute Gasteiger partial charge is 0.454 e. The maximum atomic E-state index is 12.1. The van der Waals surface area contributed by atoms with Gasteiger partial charge in [-0.25, -0.2) is 0 Å². The molecular weight excluding hydrogens is 328 g/mol. The van der Waals surface area contributed by atoms with Crippen molar-refractivity contribution in [2.75, 3.05) is 19.9 Å². The zero-order chi connectivity index (χ0) is 16.3. The summed E-state index contributed by atoms with van der Waals surface area (Å²) in [5.74, 6) is 1.51. The number of nitrogens with one attached hydrogen (secondary N) is 1. The Kier molecular flexibility index (Phi) is 6.35. The quantitative estimate of drug-likeness (QED) is 0.852. The van der Waals surface area contributed by atoms with Crippen molar-refractivity contribution < 1.29 is 14.3 Å². The maximum Gasteiger partial charge on any atom is 0.231 e. The monoisotopic (exact) mass is 354 g/mol. The van der Waals surface area contributed by atoms with Crippen LogP contribution in [0.4, 0.5) is 0 Å². The number of hydrogen-bond acceptors (Lipinski definition) is 4. The number of hydrogen-bond donors (Lipinski definition) is 2. The van der Waals surface area contributed by atoms with Gasteiger partial charge in [0.1, 0.15) is 0 Å². The number of halogens is 1. The predicted molar refractivity (Wildman–Crippen MR) is 95.8 cm³/mol. The van der Waals surface area contributed by atoms with Crippen molar-refractivity contribution in [1.29, 1.82) is 0 Å². The molecular formula is C18H27ClN2O3. The van der Waals surface area contributed by atoms with Gasteiger partial charge >= 0.3 is 0 Å². The summed E-state index contributed by atoms with van der Waals surface area (Å²) >= 11 is 0. The summed E-state index contributed by atoms with van der Waals surface area (Å²) < 4.78 is 10.9. The van der Waals surface area contributed by atoms with Gasteiger partial charge in [0.15, 0.2) is 11.5 Å². The van der Waals surface area contributed by atoms with E-state index in [1.165, 1.54) is 24.8 Å². The standard InChI is InChI=1S/C18H26N2O3.ClH/c1-13(10-19)17(21)20-11-18(7-3-2-4-8-18)14-5-6-15-16(9-14)23-12-22-15;/h5-6,9,13H,2-4,7-8,10-12,19H2,1H3,(H,20,21);1H. The molecule has 0 aromatic heterocycles. The van der Waals surface area contributed by atoms with Gasteiger partial charge < -0.3 is 20.5 Å². The summed E-state index contributed by atoms with van der Waals surface area (Å²) in [6.45, 7) is 3.19. The molecule has 1 aromatic carbocycles. The molecule has 1 aliphatic heterocycles. The lowest BCUT2D eigenvalue weighted by Crippen LogP contribution is -2.44. The lowest BCUT2D eigenvalue weighted by molar-refractivity contribution is -0.124. The van der Waals surface area contributed by atoms with Gasteiger partial charge in [-0.2, -0.15) is 0 Å². The Balaban J connectivity index is 0.00000208. The topological polar surface area (TPSA) is 73.6 Å². The van der Waals surface area contributed by atoms with E-state index in [0.29, 0.717) is 13.1 Å². The highest BCUT2D eigenvalue weighted by Crippen LogP contribution is 2.43. The van der Waals surface area contributed by atoms with E-state index in [9.17, 15) is 4.79 Å². The van der Waals surface area contributed by atoms with Gasteiger partial charge in [-0.3, -0.25) is 4.79 Å². The second kappa shape index (κ2) is 8.08. The van der Waals surface area contributed by atoms with Gasteiger partial charge in [-0.15, -0.1) is 12.4 Å². The Labute approximate surface area is 149 Å². The second-order valence-electron chi connectivity index (χ2n) is 6.76. The van der Waals surface area contributed by atoms with Crippen LogP contribution >= 0.6 is 12.4 Å². The molecule has 1 fully saturated rings. The number of rotatable bonds is 5. The first-order valence-electron chi connectivity index (χ1n) is 8.52. The van der Waals surface area contributed by atoms with Crippen LogP contribution < -0.4 is 20.5 Å². The smallest absolute Gasteiger partial charge is 0.231 e. The molecule has 24 heavy (non-hydrogen) atoms. The van der Waals surface area contributed by atoms with Crippen LogP contribution in [0.25, 0.3) is 0 Å². The number of carbonyl (C=O) groups excluding carboxylic acids is 1. The fraction of sp³-hybridized carbons (Fsp3) is 0.611. The van der Waals surface area contributed by atoms with E-state index in [2.05, 4.69) is 17.4 Å². The molecule has 5 nitrogen and oxygen atoms in total.